The van der Waals surface area contributed by atoms with Crippen LogP contribution in [-0.4, -0.2) is 13.8 Å². The molecular formula is C49H28N4. The van der Waals surface area contributed by atoms with Gasteiger partial charge in [-0.25, -0.2) is 4.98 Å². The topological polar surface area (TPSA) is 24.9 Å². The first-order valence-corrected chi connectivity index (χ1v) is 18.2. The Morgan fingerprint density at radius 2 is 0.962 bits per heavy atom. The van der Waals surface area contributed by atoms with Gasteiger partial charge in [-0.05, 0) is 58.6 Å². The SMILES string of the molecule is c1ccc(N(c2ccccc2)c2c3ccccc3cc3c4cc5ccccc5c5c6c7c8cccc9c%10ccccc%10n(c7cnc6n(c23)c45)c98)cc1. The molecule has 0 radical (unpaired) electrons. The molecule has 4 heteroatoms. The van der Waals surface area contributed by atoms with Gasteiger partial charge in [-0.1, -0.05) is 121 Å². The Morgan fingerprint density at radius 1 is 0.377 bits per heavy atom. The van der Waals surface area contributed by atoms with Crippen molar-refractivity contribution in [2.24, 2.45) is 0 Å². The fraction of sp³-hybridized carbons (Fsp3) is 0. The van der Waals surface area contributed by atoms with Crippen molar-refractivity contribution in [1.29, 1.82) is 0 Å². The van der Waals surface area contributed by atoms with Crippen LogP contribution in [0, 0.1) is 0 Å². The summed E-state index contributed by atoms with van der Waals surface area (Å²) in [7, 11) is 0. The summed E-state index contributed by atoms with van der Waals surface area (Å²) in [5.74, 6) is 0. The van der Waals surface area contributed by atoms with Crippen LogP contribution in [0.5, 0.6) is 0 Å². The highest BCUT2D eigenvalue weighted by Gasteiger charge is 2.29. The number of rotatable bonds is 3. The van der Waals surface area contributed by atoms with E-state index in [1.807, 2.05) is 0 Å². The van der Waals surface area contributed by atoms with E-state index in [1.54, 1.807) is 0 Å². The third-order valence-electron chi connectivity index (χ3n) is 11.7. The maximum absolute atomic E-state index is 5.51. The standard InChI is InChI=1S/C49H28N4/c1-3-16-31(17-4-1)51(32-18-5-2-6-19-32)47-34-21-10-8-15-30(34)27-39-38-26-29-14-7-9-20-33(29)43-44-42-37-24-13-23-36-35-22-11-12-25-40(35)52(45(36)37)41(42)28-50-49(44)53(46(38)43)48(39)47/h1-28H. The van der Waals surface area contributed by atoms with E-state index in [2.05, 4.69) is 184 Å². The molecule has 5 heterocycles. The van der Waals surface area contributed by atoms with Crippen LogP contribution in [0.25, 0.3) is 97.9 Å². The minimum atomic E-state index is 0.986. The number of aromatic nitrogens is 3. The first-order valence-electron chi connectivity index (χ1n) is 18.2. The first kappa shape index (κ1) is 27.5. The van der Waals surface area contributed by atoms with Crippen LogP contribution in [0.15, 0.2) is 170 Å². The number of fused-ring (bicyclic) bond motifs is 16. The van der Waals surface area contributed by atoms with E-state index in [0.717, 1.165) is 33.7 Å². The molecular weight excluding hydrogens is 645 g/mol. The van der Waals surface area contributed by atoms with Gasteiger partial charge in [-0.3, -0.25) is 4.40 Å². The summed E-state index contributed by atoms with van der Waals surface area (Å²) in [6, 6.07) is 59.7. The Morgan fingerprint density at radius 3 is 1.72 bits per heavy atom. The largest absolute Gasteiger partial charge is 0.308 e. The number of para-hydroxylation sites is 4. The molecule has 0 saturated carbocycles. The van der Waals surface area contributed by atoms with Crippen LogP contribution in [0.4, 0.5) is 17.1 Å². The van der Waals surface area contributed by atoms with Gasteiger partial charge >= 0.3 is 0 Å². The average molecular weight is 673 g/mol. The molecule has 0 fully saturated rings. The molecule has 5 aromatic heterocycles. The molecule has 0 aliphatic rings. The van der Waals surface area contributed by atoms with E-state index >= 15 is 0 Å². The molecule has 0 amide bonds. The maximum atomic E-state index is 5.51. The summed E-state index contributed by atoms with van der Waals surface area (Å²) in [5.41, 5.74) is 10.4. The lowest BCUT2D eigenvalue weighted by atomic mass is 9.97. The van der Waals surface area contributed by atoms with Gasteiger partial charge in [0.2, 0.25) is 0 Å². The van der Waals surface area contributed by atoms with Gasteiger partial charge in [0.05, 0.1) is 39.5 Å². The number of benzene rings is 8. The van der Waals surface area contributed by atoms with Gasteiger partial charge in [0.25, 0.3) is 0 Å². The molecule has 0 aliphatic carbocycles. The molecule has 13 aromatic rings. The summed E-state index contributed by atoms with van der Waals surface area (Å²) in [5, 5.41) is 14.9. The van der Waals surface area contributed by atoms with Crippen molar-refractivity contribution in [2.75, 3.05) is 4.90 Å². The van der Waals surface area contributed by atoms with Gasteiger partial charge in [0, 0.05) is 59.9 Å². The van der Waals surface area contributed by atoms with Crippen molar-refractivity contribution in [3.63, 3.8) is 0 Å². The van der Waals surface area contributed by atoms with Crippen molar-refractivity contribution >= 4 is 115 Å². The number of hydrogen-bond acceptors (Lipinski definition) is 2. The van der Waals surface area contributed by atoms with Crippen molar-refractivity contribution in [2.45, 2.75) is 0 Å². The lowest BCUT2D eigenvalue weighted by Crippen LogP contribution is -2.11. The van der Waals surface area contributed by atoms with Gasteiger partial charge in [-0.2, -0.15) is 0 Å². The first-order chi connectivity index (χ1) is 26.3. The second-order valence-corrected chi connectivity index (χ2v) is 14.3. The molecule has 244 valence electrons. The van der Waals surface area contributed by atoms with Crippen molar-refractivity contribution in [3.05, 3.63) is 170 Å². The summed E-state index contributed by atoms with van der Waals surface area (Å²) in [4.78, 5) is 7.95. The minimum Gasteiger partial charge on any atom is -0.308 e. The molecule has 0 saturated heterocycles. The zero-order valence-electron chi connectivity index (χ0n) is 28.5. The van der Waals surface area contributed by atoms with E-state index < -0.39 is 0 Å². The van der Waals surface area contributed by atoms with Gasteiger partial charge in [-0.15, -0.1) is 0 Å². The number of pyridine rings is 1. The van der Waals surface area contributed by atoms with E-state index in [0.29, 0.717) is 0 Å². The summed E-state index contributed by atoms with van der Waals surface area (Å²) in [6.45, 7) is 0. The summed E-state index contributed by atoms with van der Waals surface area (Å²) < 4.78 is 4.94. The molecule has 8 aromatic carbocycles. The lowest BCUT2D eigenvalue weighted by Gasteiger charge is -2.28. The molecule has 0 bridgehead atoms. The van der Waals surface area contributed by atoms with Crippen LogP contribution < -0.4 is 4.90 Å². The van der Waals surface area contributed by atoms with Crippen molar-refractivity contribution in [1.82, 2.24) is 13.8 Å². The normalized spacial score (nSPS) is 12.5. The summed E-state index contributed by atoms with van der Waals surface area (Å²) >= 11 is 0. The minimum absolute atomic E-state index is 0.986. The Bertz CT molecular complexity index is 3580. The van der Waals surface area contributed by atoms with E-state index in [-0.39, 0.29) is 0 Å². The van der Waals surface area contributed by atoms with Crippen LogP contribution in [0.3, 0.4) is 0 Å². The second kappa shape index (κ2) is 9.78. The Balaban J connectivity index is 1.33. The lowest BCUT2D eigenvalue weighted by molar-refractivity contribution is 1.24. The predicted octanol–water partition coefficient (Wildman–Crippen LogP) is 13.2. The highest BCUT2D eigenvalue weighted by atomic mass is 15.2. The average Bonchev–Trinajstić information content (AvgIpc) is 3.94. The molecule has 0 spiro atoms. The van der Waals surface area contributed by atoms with Gasteiger partial charge < -0.3 is 9.30 Å². The van der Waals surface area contributed by atoms with Crippen LogP contribution in [0.1, 0.15) is 0 Å². The number of nitrogens with zero attached hydrogens (tertiary/aromatic N) is 4. The van der Waals surface area contributed by atoms with Crippen molar-refractivity contribution in [3.8, 4) is 0 Å². The Hall–Kier alpha value is -7.17. The van der Waals surface area contributed by atoms with E-state index in [4.69, 9.17) is 4.98 Å². The predicted molar refractivity (Wildman–Crippen MR) is 223 cm³/mol. The Kier molecular flexibility index (Phi) is 5.08. The second-order valence-electron chi connectivity index (χ2n) is 14.3. The van der Waals surface area contributed by atoms with Gasteiger partial charge in [0.1, 0.15) is 5.65 Å². The van der Waals surface area contributed by atoms with Gasteiger partial charge in [0.15, 0.2) is 0 Å². The monoisotopic (exact) mass is 672 g/mol. The molecule has 4 nitrogen and oxygen atoms in total. The maximum Gasteiger partial charge on any atom is 0.146 e. The molecule has 0 aliphatic heterocycles. The Labute approximate surface area is 302 Å². The van der Waals surface area contributed by atoms with Crippen LogP contribution >= 0.6 is 0 Å². The fourth-order valence-corrected chi connectivity index (χ4v) is 9.70. The van der Waals surface area contributed by atoms with E-state index in [9.17, 15) is 0 Å². The third-order valence-corrected chi connectivity index (χ3v) is 11.7. The number of anilines is 3. The molecule has 0 unspecified atom stereocenters. The zero-order chi connectivity index (χ0) is 34.4. The quantitative estimate of drug-likeness (QED) is 0.187. The summed E-state index contributed by atoms with van der Waals surface area (Å²) in [6.07, 6.45) is 2.12. The van der Waals surface area contributed by atoms with Crippen LogP contribution in [-0.2, 0) is 0 Å². The fourth-order valence-electron chi connectivity index (χ4n) is 9.70. The molecule has 13 rings (SSSR count). The smallest absolute Gasteiger partial charge is 0.146 e. The molecule has 53 heavy (non-hydrogen) atoms. The van der Waals surface area contributed by atoms with Crippen molar-refractivity contribution < 1.29 is 0 Å². The number of hydrogen-bond donors (Lipinski definition) is 0. The third kappa shape index (κ3) is 3.34. The van der Waals surface area contributed by atoms with Crippen LogP contribution in [0.2, 0.25) is 0 Å². The highest BCUT2D eigenvalue weighted by molar-refractivity contribution is 6.40. The molecule has 0 N–H and O–H groups in total. The molecule has 0 atom stereocenters. The highest BCUT2D eigenvalue weighted by Crippen LogP contribution is 2.52. The van der Waals surface area contributed by atoms with E-state index in [1.165, 1.54) is 81.2 Å². The zero-order valence-corrected chi connectivity index (χ0v) is 28.5.